The summed E-state index contributed by atoms with van der Waals surface area (Å²) in [5.74, 6) is -0.0322. The number of amides is 1. The van der Waals surface area contributed by atoms with Gasteiger partial charge in [0, 0.05) is 19.5 Å². The topological polar surface area (TPSA) is 61.4 Å². The van der Waals surface area contributed by atoms with E-state index in [-0.39, 0.29) is 12.5 Å². The molecular weight excluding hydrogens is 224 g/mol. The Morgan fingerprint density at radius 1 is 1.62 bits per heavy atom. The minimum atomic E-state index is -0.602. The minimum Gasteiger partial charge on any atom is -0.387 e. The molecule has 5 heteroatoms. The van der Waals surface area contributed by atoms with Crippen LogP contribution in [0.25, 0.3) is 0 Å². The van der Waals surface area contributed by atoms with Gasteiger partial charge in [0.25, 0.3) is 0 Å². The number of hydrogen-bond acceptors (Lipinski definition) is 4. The van der Waals surface area contributed by atoms with Gasteiger partial charge in [0.05, 0.1) is 6.10 Å². The first-order chi connectivity index (χ1) is 7.74. The lowest BCUT2D eigenvalue weighted by Crippen LogP contribution is -2.30. The van der Waals surface area contributed by atoms with E-state index in [0.29, 0.717) is 13.0 Å². The predicted octanol–water partition coefficient (Wildman–Crippen LogP) is 0.897. The number of rotatable bonds is 7. The molecule has 90 valence electrons. The molecule has 0 fully saturated rings. The van der Waals surface area contributed by atoms with Crippen molar-refractivity contribution in [2.75, 3.05) is 19.6 Å². The minimum absolute atomic E-state index is 0.0322. The lowest BCUT2D eigenvalue weighted by Gasteiger charge is -2.10. The summed E-state index contributed by atoms with van der Waals surface area (Å²) in [6.07, 6.45) is -0.154. The molecule has 0 spiro atoms. The average Bonchev–Trinajstić information content (AvgIpc) is 2.79. The molecule has 1 rings (SSSR count). The molecule has 0 aromatic carbocycles. The van der Waals surface area contributed by atoms with E-state index in [1.54, 1.807) is 0 Å². The van der Waals surface area contributed by atoms with Crippen LogP contribution >= 0.6 is 11.3 Å². The highest BCUT2D eigenvalue weighted by Crippen LogP contribution is 2.14. The molecule has 16 heavy (non-hydrogen) atoms. The fraction of sp³-hybridized carbons (Fsp3) is 0.545. The van der Waals surface area contributed by atoms with Crippen LogP contribution in [-0.4, -0.2) is 30.6 Å². The molecule has 4 nitrogen and oxygen atoms in total. The standard InChI is InChI=1S/C11H18N2O2S/c1-2-12-5-3-11(15)13-7-10(14)9-4-6-16-8-9/h4,6,8,10,12,14H,2-3,5,7H2,1H3,(H,13,15). The molecule has 0 aliphatic carbocycles. The molecule has 1 aromatic heterocycles. The Labute approximate surface area is 99.7 Å². The second kappa shape index (κ2) is 7.38. The highest BCUT2D eigenvalue weighted by molar-refractivity contribution is 7.07. The molecule has 1 atom stereocenters. The van der Waals surface area contributed by atoms with Crippen LogP contribution in [0, 0.1) is 0 Å². The second-order valence-electron chi connectivity index (χ2n) is 3.48. The second-order valence-corrected chi connectivity index (χ2v) is 4.26. The van der Waals surface area contributed by atoms with Crippen molar-refractivity contribution < 1.29 is 9.90 Å². The SMILES string of the molecule is CCNCCC(=O)NCC(O)c1ccsc1. The first kappa shape index (κ1) is 13.2. The molecular formula is C11H18N2O2S. The van der Waals surface area contributed by atoms with Gasteiger partial charge in [0.15, 0.2) is 0 Å². The normalized spacial score (nSPS) is 12.4. The third-order valence-electron chi connectivity index (χ3n) is 2.20. The van der Waals surface area contributed by atoms with Gasteiger partial charge in [-0.25, -0.2) is 0 Å². The number of carbonyl (C=O) groups excluding carboxylic acids is 1. The van der Waals surface area contributed by atoms with Crippen molar-refractivity contribution in [3.8, 4) is 0 Å². The molecule has 0 aliphatic rings. The largest absolute Gasteiger partial charge is 0.387 e. The molecule has 1 aromatic rings. The summed E-state index contributed by atoms with van der Waals surface area (Å²) in [6.45, 7) is 3.82. The first-order valence-electron chi connectivity index (χ1n) is 5.41. The molecule has 0 saturated heterocycles. The Balaban J connectivity index is 2.16. The predicted molar refractivity (Wildman–Crippen MR) is 65.4 cm³/mol. The van der Waals surface area contributed by atoms with Crippen molar-refractivity contribution in [2.24, 2.45) is 0 Å². The zero-order valence-corrected chi connectivity index (χ0v) is 10.2. The van der Waals surface area contributed by atoms with Crippen LogP contribution < -0.4 is 10.6 Å². The van der Waals surface area contributed by atoms with Crippen molar-refractivity contribution in [3.05, 3.63) is 22.4 Å². The summed E-state index contributed by atoms with van der Waals surface area (Å²) in [4.78, 5) is 11.3. The van der Waals surface area contributed by atoms with Crippen LogP contribution in [0.15, 0.2) is 16.8 Å². The van der Waals surface area contributed by atoms with E-state index in [2.05, 4.69) is 10.6 Å². The van der Waals surface area contributed by atoms with Gasteiger partial charge < -0.3 is 15.7 Å². The van der Waals surface area contributed by atoms with Crippen LogP contribution in [0.4, 0.5) is 0 Å². The molecule has 0 bridgehead atoms. The summed E-state index contributed by atoms with van der Waals surface area (Å²) < 4.78 is 0. The van der Waals surface area contributed by atoms with Crippen molar-refractivity contribution in [1.29, 1.82) is 0 Å². The number of aliphatic hydroxyl groups is 1. The van der Waals surface area contributed by atoms with Crippen LogP contribution in [-0.2, 0) is 4.79 Å². The van der Waals surface area contributed by atoms with Crippen molar-refractivity contribution >= 4 is 17.2 Å². The first-order valence-corrected chi connectivity index (χ1v) is 6.36. The van der Waals surface area contributed by atoms with E-state index in [4.69, 9.17) is 0 Å². The summed E-state index contributed by atoms with van der Waals surface area (Å²) >= 11 is 1.54. The van der Waals surface area contributed by atoms with Crippen LogP contribution in [0.3, 0.4) is 0 Å². The third kappa shape index (κ3) is 4.74. The fourth-order valence-corrected chi connectivity index (χ4v) is 1.97. The molecule has 0 aliphatic heterocycles. The number of carbonyl (C=O) groups is 1. The maximum Gasteiger partial charge on any atom is 0.221 e. The zero-order chi connectivity index (χ0) is 11.8. The van der Waals surface area contributed by atoms with Crippen molar-refractivity contribution in [2.45, 2.75) is 19.4 Å². The van der Waals surface area contributed by atoms with Gasteiger partial charge in [0.2, 0.25) is 5.91 Å². The molecule has 0 saturated carbocycles. The summed E-state index contributed by atoms with van der Waals surface area (Å²) in [6, 6.07) is 1.86. The van der Waals surface area contributed by atoms with Gasteiger partial charge in [-0.2, -0.15) is 11.3 Å². The van der Waals surface area contributed by atoms with Gasteiger partial charge in [-0.15, -0.1) is 0 Å². The fourth-order valence-electron chi connectivity index (χ4n) is 1.26. The lowest BCUT2D eigenvalue weighted by molar-refractivity contribution is -0.121. The Kier molecular flexibility index (Phi) is 6.07. The van der Waals surface area contributed by atoms with Gasteiger partial charge in [0.1, 0.15) is 0 Å². The number of thiophene rings is 1. The number of aliphatic hydroxyl groups excluding tert-OH is 1. The maximum absolute atomic E-state index is 11.3. The van der Waals surface area contributed by atoms with E-state index in [1.807, 2.05) is 23.8 Å². The molecule has 1 amide bonds. The molecule has 1 unspecified atom stereocenters. The zero-order valence-electron chi connectivity index (χ0n) is 9.40. The summed E-state index contributed by atoms with van der Waals surface area (Å²) in [7, 11) is 0. The molecule has 3 N–H and O–H groups in total. The number of hydrogen-bond donors (Lipinski definition) is 3. The lowest BCUT2D eigenvalue weighted by atomic mass is 10.2. The van der Waals surface area contributed by atoms with E-state index < -0.39 is 6.10 Å². The van der Waals surface area contributed by atoms with Crippen molar-refractivity contribution in [3.63, 3.8) is 0 Å². The van der Waals surface area contributed by atoms with Crippen LogP contribution in [0.1, 0.15) is 25.0 Å². The molecule has 1 heterocycles. The van der Waals surface area contributed by atoms with Gasteiger partial charge in [-0.3, -0.25) is 4.79 Å². The van der Waals surface area contributed by atoms with Crippen molar-refractivity contribution in [1.82, 2.24) is 10.6 Å². The average molecular weight is 242 g/mol. The van der Waals surface area contributed by atoms with E-state index >= 15 is 0 Å². The Morgan fingerprint density at radius 2 is 2.44 bits per heavy atom. The monoisotopic (exact) mass is 242 g/mol. The Hall–Kier alpha value is -0.910. The third-order valence-corrected chi connectivity index (χ3v) is 2.90. The van der Waals surface area contributed by atoms with Gasteiger partial charge >= 0.3 is 0 Å². The Morgan fingerprint density at radius 3 is 3.06 bits per heavy atom. The Bertz CT molecular complexity index is 301. The van der Waals surface area contributed by atoms with Crippen LogP contribution in [0.5, 0.6) is 0 Å². The maximum atomic E-state index is 11.3. The smallest absolute Gasteiger partial charge is 0.221 e. The van der Waals surface area contributed by atoms with Crippen LogP contribution in [0.2, 0.25) is 0 Å². The van der Waals surface area contributed by atoms with Gasteiger partial charge in [-0.05, 0) is 28.9 Å². The highest BCUT2D eigenvalue weighted by atomic mass is 32.1. The molecule has 0 radical (unpaired) electrons. The quantitative estimate of drug-likeness (QED) is 0.623. The number of nitrogens with one attached hydrogen (secondary N) is 2. The van der Waals surface area contributed by atoms with E-state index in [9.17, 15) is 9.90 Å². The summed E-state index contributed by atoms with van der Waals surface area (Å²) in [5, 5.41) is 19.3. The highest BCUT2D eigenvalue weighted by Gasteiger charge is 2.09. The van der Waals surface area contributed by atoms with Gasteiger partial charge in [-0.1, -0.05) is 6.92 Å². The summed E-state index contributed by atoms with van der Waals surface area (Å²) in [5.41, 5.74) is 0.858. The van der Waals surface area contributed by atoms with E-state index in [0.717, 1.165) is 12.1 Å². The van der Waals surface area contributed by atoms with E-state index in [1.165, 1.54) is 11.3 Å².